The fraction of sp³-hybridized carbons (Fsp3) is 0.640. The van der Waals surface area contributed by atoms with E-state index in [1.807, 2.05) is 18.3 Å². The largest absolute Gasteiger partial charge is 0.356 e. The highest BCUT2D eigenvalue weighted by Crippen LogP contribution is 2.27. The van der Waals surface area contributed by atoms with Gasteiger partial charge in [0.1, 0.15) is 0 Å². The summed E-state index contributed by atoms with van der Waals surface area (Å²) in [5.41, 5.74) is 1.04. The fourth-order valence-electron chi connectivity index (χ4n) is 5.25. The number of rotatable bonds is 8. The van der Waals surface area contributed by atoms with Crippen LogP contribution < -0.4 is 5.32 Å². The number of piperidine rings is 2. The van der Waals surface area contributed by atoms with Crippen LogP contribution in [0.4, 0.5) is 0 Å². The van der Waals surface area contributed by atoms with Gasteiger partial charge in [-0.25, -0.2) is 8.42 Å². The van der Waals surface area contributed by atoms with Crippen molar-refractivity contribution >= 4 is 26.8 Å². The number of carbonyl (C=O) groups is 1. The smallest absolute Gasteiger partial charge is 0.243 e. The summed E-state index contributed by atoms with van der Waals surface area (Å²) in [6, 6.07) is 7.95. The lowest BCUT2D eigenvalue weighted by Crippen LogP contribution is -2.43. The minimum absolute atomic E-state index is 0.0704. The van der Waals surface area contributed by atoms with Crippen molar-refractivity contribution in [2.45, 2.75) is 69.9 Å². The Kier molecular flexibility index (Phi) is 7.76. The molecule has 3 heterocycles. The molecule has 1 amide bonds. The SMILES string of the molecule is CCn1ccc2cc(S(=O)(=O)N3CCC(C(=O)NCCCN4CCCC[C@@H]4C)CC3)ccc21. The molecule has 2 aliphatic rings. The number of hydrogen-bond donors (Lipinski definition) is 1. The first-order valence-corrected chi connectivity index (χ1v) is 13.9. The maximum Gasteiger partial charge on any atom is 0.243 e. The molecule has 1 atom stereocenters. The van der Waals surface area contributed by atoms with Gasteiger partial charge >= 0.3 is 0 Å². The van der Waals surface area contributed by atoms with Gasteiger partial charge in [-0.15, -0.1) is 0 Å². The number of aromatic nitrogens is 1. The number of fused-ring (bicyclic) bond motifs is 1. The van der Waals surface area contributed by atoms with Crippen molar-refractivity contribution in [1.29, 1.82) is 0 Å². The van der Waals surface area contributed by atoms with E-state index in [1.165, 1.54) is 30.1 Å². The summed E-state index contributed by atoms with van der Waals surface area (Å²) in [6.07, 6.45) is 7.96. The van der Waals surface area contributed by atoms with Gasteiger partial charge in [-0.2, -0.15) is 4.31 Å². The third kappa shape index (κ3) is 5.44. The summed E-state index contributed by atoms with van der Waals surface area (Å²) in [7, 11) is -3.55. The Balaban J connectivity index is 1.26. The van der Waals surface area contributed by atoms with Gasteiger partial charge in [0.2, 0.25) is 15.9 Å². The number of likely N-dealkylation sites (tertiary alicyclic amines) is 1. The Morgan fingerprint density at radius 3 is 2.61 bits per heavy atom. The second-order valence-electron chi connectivity index (χ2n) is 9.53. The number of benzene rings is 1. The van der Waals surface area contributed by atoms with Gasteiger partial charge in [0.15, 0.2) is 0 Å². The summed E-state index contributed by atoms with van der Waals surface area (Å²) >= 11 is 0. The molecule has 0 aliphatic carbocycles. The van der Waals surface area contributed by atoms with Crippen molar-refractivity contribution in [2.24, 2.45) is 5.92 Å². The molecule has 1 N–H and O–H groups in total. The summed E-state index contributed by atoms with van der Waals surface area (Å²) in [4.78, 5) is 15.5. The Labute approximate surface area is 198 Å². The molecular weight excluding hydrogens is 436 g/mol. The highest BCUT2D eigenvalue weighted by atomic mass is 32.2. The first kappa shape index (κ1) is 24.2. The van der Waals surface area contributed by atoms with Crippen LogP contribution in [0.25, 0.3) is 10.9 Å². The summed E-state index contributed by atoms with van der Waals surface area (Å²) in [5.74, 6) is -0.0347. The van der Waals surface area contributed by atoms with E-state index in [4.69, 9.17) is 0 Å². The normalized spacial score (nSPS) is 21.5. The van der Waals surface area contributed by atoms with E-state index in [0.717, 1.165) is 30.4 Å². The summed E-state index contributed by atoms with van der Waals surface area (Å²) in [5, 5.41) is 4.02. The molecule has 8 heteroatoms. The van der Waals surface area contributed by atoms with Crippen molar-refractivity contribution in [2.75, 3.05) is 32.7 Å². The number of sulfonamides is 1. The Morgan fingerprint density at radius 2 is 1.88 bits per heavy atom. The molecule has 0 radical (unpaired) electrons. The summed E-state index contributed by atoms with van der Waals surface area (Å²) in [6.45, 7) is 8.88. The van der Waals surface area contributed by atoms with Gasteiger partial charge in [0.05, 0.1) is 4.90 Å². The van der Waals surface area contributed by atoms with Gasteiger partial charge < -0.3 is 14.8 Å². The number of nitrogens with zero attached hydrogens (tertiary/aromatic N) is 3. The van der Waals surface area contributed by atoms with Gasteiger partial charge in [-0.3, -0.25) is 4.79 Å². The predicted octanol–water partition coefficient (Wildman–Crippen LogP) is 3.44. The van der Waals surface area contributed by atoms with E-state index in [0.29, 0.717) is 43.4 Å². The van der Waals surface area contributed by atoms with Crippen LogP contribution in [0.3, 0.4) is 0 Å². The van der Waals surface area contributed by atoms with Crippen LogP contribution in [0.5, 0.6) is 0 Å². The molecule has 2 fully saturated rings. The van der Waals surface area contributed by atoms with E-state index < -0.39 is 10.0 Å². The van der Waals surface area contributed by atoms with Crippen molar-refractivity contribution < 1.29 is 13.2 Å². The molecule has 7 nitrogen and oxygen atoms in total. The van der Waals surface area contributed by atoms with Crippen LogP contribution in [0.1, 0.15) is 52.4 Å². The number of amides is 1. The van der Waals surface area contributed by atoms with Crippen molar-refractivity contribution in [3.8, 4) is 0 Å². The van der Waals surface area contributed by atoms with Gasteiger partial charge in [0, 0.05) is 61.8 Å². The fourth-order valence-corrected chi connectivity index (χ4v) is 6.76. The van der Waals surface area contributed by atoms with E-state index in [2.05, 4.69) is 28.6 Å². The molecule has 182 valence electrons. The van der Waals surface area contributed by atoms with Crippen LogP contribution >= 0.6 is 0 Å². The molecule has 0 spiro atoms. The lowest BCUT2D eigenvalue weighted by molar-refractivity contribution is -0.126. The Morgan fingerprint density at radius 1 is 1.09 bits per heavy atom. The third-order valence-electron chi connectivity index (χ3n) is 7.41. The summed E-state index contributed by atoms with van der Waals surface area (Å²) < 4.78 is 30.0. The van der Waals surface area contributed by atoms with Crippen molar-refractivity contribution in [3.05, 3.63) is 30.5 Å². The average molecular weight is 475 g/mol. The maximum absolute atomic E-state index is 13.2. The molecule has 0 bridgehead atoms. The predicted molar refractivity (Wildman–Crippen MR) is 132 cm³/mol. The molecule has 33 heavy (non-hydrogen) atoms. The van der Waals surface area contributed by atoms with Crippen LogP contribution in [-0.2, 0) is 21.4 Å². The zero-order valence-electron chi connectivity index (χ0n) is 20.0. The topological polar surface area (TPSA) is 74.6 Å². The van der Waals surface area contributed by atoms with Crippen molar-refractivity contribution in [1.82, 2.24) is 19.1 Å². The number of carbonyl (C=O) groups excluding carboxylic acids is 1. The minimum atomic E-state index is -3.55. The lowest BCUT2D eigenvalue weighted by atomic mass is 9.97. The second kappa shape index (κ2) is 10.6. The minimum Gasteiger partial charge on any atom is -0.356 e. The van der Waals surface area contributed by atoms with E-state index >= 15 is 0 Å². The van der Waals surface area contributed by atoms with Crippen LogP contribution in [0, 0.1) is 5.92 Å². The van der Waals surface area contributed by atoms with Gasteiger partial charge in [-0.1, -0.05) is 6.42 Å². The monoisotopic (exact) mass is 474 g/mol. The molecule has 1 aromatic heterocycles. The Hall–Kier alpha value is -1.90. The molecule has 4 rings (SSSR count). The highest BCUT2D eigenvalue weighted by molar-refractivity contribution is 7.89. The lowest BCUT2D eigenvalue weighted by Gasteiger charge is -2.33. The molecular formula is C25H38N4O3S. The molecule has 2 aromatic rings. The van der Waals surface area contributed by atoms with Gasteiger partial charge in [-0.05, 0) is 76.8 Å². The Bertz CT molecular complexity index is 1060. The van der Waals surface area contributed by atoms with E-state index in [9.17, 15) is 13.2 Å². The average Bonchev–Trinajstić information content (AvgIpc) is 3.25. The van der Waals surface area contributed by atoms with Crippen LogP contribution in [0.15, 0.2) is 35.4 Å². The van der Waals surface area contributed by atoms with E-state index in [-0.39, 0.29) is 11.8 Å². The van der Waals surface area contributed by atoms with Crippen molar-refractivity contribution in [3.63, 3.8) is 0 Å². The van der Waals surface area contributed by atoms with Gasteiger partial charge in [0.25, 0.3) is 0 Å². The molecule has 0 saturated carbocycles. The zero-order valence-corrected chi connectivity index (χ0v) is 20.8. The maximum atomic E-state index is 13.2. The van der Waals surface area contributed by atoms with Crippen LogP contribution in [0.2, 0.25) is 0 Å². The molecule has 0 unspecified atom stereocenters. The zero-order chi connectivity index (χ0) is 23.4. The second-order valence-corrected chi connectivity index (χ2v) is 11.5. The quantitative estimate of drug-likeness (QED) is 0.595. The molecule has 2 aliphatic heterocycles. The van der Waals surface area contributed by atoms with E-state index in [1.54, 1.807) is 12.1 Å². The van der Waals surface area contributed by atoms with Crippen LogP contribution in [-0.4, -0.2) is 66.9 Å². The molecule has 2 saturated heterocycles. The third-order valence-corrected chi connectivity index (χ3v) is 9.30. The first-order chi connectivity index (χ1) is 15.9. The highest BCUT2D eigenvalue weighted by Gasteiger charge is 2.32. The number of hydrogen-bond acceptors (Lipinski definition) is 4. The standard InChI is InChI=1S/C25H38N4O3S/c1-3-27-16-10-22-19-23(8-9-24(22)27)33(31,32)29-17-11-21(12-18-29)25(30)26-13-6-15-28-14-5-4-7-20(28)2/h8-10,16,19-21H,3-7,11-15,17-18H2,1-2H3,(H,26,30)/t20-/m0/s1. The number of aryl methyl sites for hydroxylation is 1. The first-order valence-electron chi connectivity index (χ1n) is 12.5. The number of nitrogens with one attached hydrogen (secondary N) is 1. The molecule has 1 aromatic carbocycles.